The van der Waals surface area contributed by atoms with Crippen LogP contribution in [0.2, 0.25) is 0 Å². The number of thiophene rings is 1. The summed E-state index contributed by atoms with van der Waals surface area (Å²) >= 11 is 3.19. The van der Waals surface area contributed by atoms with E-state index in [1.807, 2.05) is 61.7 Å². The fourth-order valence-electron chi connectivity index (χ4n) is 3.07. The number of amides is 1. The molecule has 0 spiro atoms. The number of rotatable bonds is 7. The van der Waals surface area contributed by atoms with Crippen molar-refractivity contribution < 1.29 is 4.79 Å². The van der Waals surface area contributed by atoms with Crippen LogP contribution >= 0.6 is 23.1 Å². The Morgan fingerprint density at radius 2 is 1.90 bits per heavy atom. The topological polar surface area (TPSA) is 72.7 Å². The SMILES string of the molecule is Cc1cc(C)nc(SCc2ccccc2C(=O)Nc2ccnn2Cc2cccs2)n1. The third-order valence-corrected chi connectivity index (χ3v) is 6.18. The maximum atomic E-state index is 13.0. The number of benzene rings is 1. The number of thioether (sulfide) groups is 1. The van der Waals surface area contributed by atoms with Gasteiger partial charge >= 0.3 is 0 Å². The first kappa shape index (κ1) is 20.3. The number of aromatic nitrogens is 4. The van der Waals surface area contributed by atoms with Crippen LogP contribution in [0.15, 0.2) is 65.3 Å². The lowest BCUT2D eigenvalue weighted by Crippen LogP contribution is -2.17. The van der Waals surface area contributed by atoms with Crippen molar-refractivity contribution in [3.05, 3.63) is 87.5 Å². The molecule has 6 nitrogen and oxygen atoms in total. The van der Waals surface area contributed by atoms with Crippen LogP contribution in [-0.2, 0) is 12.3 Å². The number of hydrogen-bond donors (Lipinski definition) is 1. The second-order valence-electron chi connectivity index (χ2n) is 6.79. The Labute approximate surface area is 183 Å². The van der Waals surface area contributed by atoms with Crippen LogP contribution in [0.1, 0.15) is 32.2 Å². The third-order valence-electron chi connectivity index (χ3n) is 4.42. The molecular formula is C22H21N5OS2. The van der Waals surface area contributed by atoms with Gasteiger partial charge in [-0.05, 0) is 43.0 Å². The second kappa shape index (κ2) is 9.23. The Balaban J connectivity index is 1.48. The Morgan fingerprint density at radius 3 is 2.67 bits per heavy atom. The van der Waals surface area contributed by atoms with Crippen LogP contribution < -0.4 is 5.32 Å². The van der Waals surface area contributed by atoms with Gasteiger partial charge in [0.2, 0.25) is 0 Å². The lowest BCUT2D eigenvalue weighted by Gasteiger charge is -2.11. The molecule has 0 atom stereocenters. The summed E-state index contributed by atoms with van der Waals surface area (Å²) in [6.07, 6.45) is 1.70. The Hall–Kier alpha value is -2.97. The molecule has 4 rings (SSSR count). The van der Waals surface area contributed by atoms with Crippen molar-refractivity contribution in [2.45, 2.75) is 31.3 Å². The van der Waals surface area contributed by atoms with E-state index in [2.05, 4.69) is 26.4 Å². The summed E-state index contributed by atoms with van der Waals surface area (Å²) in [5.74, 6) is 1.13. The van der Waals surface area contributed by atoms with Gasteiger partial charge in [-0.3, -0.25) is 4.79 Å². The summed E-state index contributed by atoms with van der Waals surface area (Å²) in [5, 5.41) is 10.1. The Morgan fingerprint density at radius 1 is 1.10 bits per heavy atom. The molecule has 0 bridgehead atoms. The summed E-state index contributed by atoms with van der Waals surface area (Å²) in [6.45, 7) is 4.54. The van der Waals surface area contributed by atoms with E-state index in [4.69, 9.17) is 0 Å². The van der Waals surface area contributed by atoms with E-state index in [0.717, 1.165) is 22.1 Å². The van der Waals surface area contributed by atoms with E-state index in [1.165, 1.54) is 16.6 Å². The van der Waals surface area contributed by atoms with Crippen molar-refractivity contribution >= 4 is 34.8 Å². The molecule has 0 unspecified atom stereocenters. The molecule has 0 saturated carbocycles. The van der Waals surface area contributed by atoms with Crippen LogP contribution in [0.3, 0.4) is 0 Å². The molecule has 0 aliphatic rings. The molecule has 0 fully saturated rings. The number of aryl methyl sites for hydroxylation is 2. The normalized spacial score (nSPS) is 10.9. The molecule has 30 heavy (non-hydrogen) atoms. The molecule has 1 amide bonds. The summed E-state index contributed by atoms with van der Waals surface area (Å²) in [6, 6.07) is 15.4. The smallest absolute Gasteiger partial charge is 0.257 e. The molecule has 0 saturated heterocycles. The third kappa shape index (κ3) is 4.95. The van der Waals surface area contributed by atoms with Crippen molar-refractivity contribution in [3.63, 3.8) is 0 Å². The van der Waals surface area contributed by atoms with Crippen LogP contribution in [0.4, 0.5) is 5.82 Å². The second-order valence-corrected chi connectivity index (χ2v) is 8.76. The van der Waals surface area contributed by atoms with Gasteiger partial charge in [-0.25, -0.2) is 14.6 Å². The van der Waals surface area contributed by atoms with E-state index >= 15 is 0 Å². The molecule has 0 aliphatic heterocycles. The van der Waals surface area contributed by atoms with Crippen LogP contribution in [0.25, 0.3) is 0 Å². The predicted molar refractivity (Wildman–Crippen MR) is 121 cm³/mol. The number of hydrogen-bond acceptors (Lipinski definition) is 6. The predicted octanol–water partition coefficient (Wildman–Crippen LogP) is 4.94. The highest BCUT2D eigenvalue weighted by Crippen LogP contribution is 2.23. The lowest BCUT2D eigenvalue weighted by molar-refractivity contribution is 0.102. The van der Waals surface area contributed by atoms with Crippen molar-refractivity contribution in [1.82, 2.24) is 19.7 Å². The average Bonchev–Trinajstić information content (AvgIpc) is 3.39. The van der Waals surface area contributed by atoms with Crippen molar-refractivity contribution in [2.24, 2.45) is 0 Å². The molecule has 3 heterocycles. The van der Waals surface area contributed by atoms with Gasteiger partial charge in [0.15, 0.2) is 5.16 Å². The van der Waals surface area contributed by atoms with Crippen LogP contribution in [0, 0.1) is 13.8 Å². The number of anilines is 1. The van der Waals surface area contributed by atoms with Gasteiger partial charge in [0, 0.05) is 33.6 Å². The first-order chi connectivity index (χ1) is 14.6. The molecule has 8 heteroatoms. The fourth-order valence-corrected chi connectivity index (χ4v) is 4.71. The van der Waals surface area contributed by atoms with Crippen molar-refractivity contribution in [3.8, 4) is 0 Å². The van der Waals surface area contributed by atoms with Gasteiger partial charge in [-0.1, -0.05) is 36.0 Å². The number of carbonyl (C=O) groups excluding carboxylic acids is 1. The zero-order chi connectivity index (χ0) is 20.9. The minimum absolute atomic E-state index is 0.152. The highest BCUT2D eigenvalue weighted by molar-refractivity contribution is 7.98. The first-order valence-electron chi connectivity index (χ1n) is 9.47. The molecule has 0 radical (unpaired) electrons. The molecule has 4 aromatic rings. The van der Waals surface area contributed by atoms with Crippen LogP contribution in [-0.4, -0.2) is 25.7 Å². The Kier molecular flexibility index (Phi) is 6.25. The summed E-state index contributed by atoms with van der Waals surface area (Å²) < 4.78 is 1.80. The van der Waals surface area contributed by atoms with Gasteiger partial charge in [-0.15, -0.1) is 11.3 Å². The summed E-state index contributed by atoms with van der Waals surface area (Å²) in [7, 11) is 0. The lowest BCUT2D eigenvalue weighted by atomic mass is 10.1. The maximum Gasteiger partial charge on any atom is 0.257 e. The quantitative estimate of drug-likeness (QED) is 0.329. The number of nitrogens with zero attached hydrogens (tertiary/aromatic N) is 4. The van der Waals surface area contributed by atoms with E-state index in [9.17, 15) is 4.79 Å². The summed E-state index contributed by atoms with van der Waals surface area (Å²) in [5.41, 5.74) is 3.45. The first-order valence-corrected chi connectivity index (χ1v) is 11.3. The highest BCUT2D eigenvalue weighted by Gasteiger charge is 2.14. The molecule has 152 valence electrons. The molecule has 0 aliphatic carbocycles. The molecular weight excluding hydrogens is 414 g/mol. The van der Waals surface area contributed by atoms with Crippen molar-refractivity contribution in [2.75, 3.05) is 5.32 Å². The van der Waals surface area contributed by atoms with Gasteiger partial charge in [0.05, 0.1) is 12.7 Å². The van der Waals surface area contributed by atoms with Gasteiger partial charge in [-0.2, -0.15) is 5.10 Å². The molecule has 1 N–H and O–H groups in total. The molecule has 1 aromatic carbocycles. The Bertz CT molecular complexity index is 1130. The van der Waals surface area contributed by atoms with Gasteiger partial charge in [0.25, 0.3) is 5.91 Å². The zero-order valence-electron chi connectivity index (χ0n) is 16.7. The van der Waals surface area contributed by atoms with Crippen LogP contribution in [0.5, 0.6) is 0 Å². The summed E-state index contributed by atoms with van der Waals surface area (Å²) in [4.78, 5) is 23.1. The zero-order valence-corrected chi connectivity index (χ0v) is 18.3. The van der Waals surface area contributed by atoms with E-state index in [1.54, 1.807) is 22.2 Å². The average molecular weight is 436 g/mol. The standard InChI is InChI=1S/C22H21N5OS2/c1-15-12-16(2)25-22(24-15)30-14-17-6-3-4-8-19(17)21(28)26-20-9-10-23-27(20)13-18-7-5-11-29-18/h3-12H,13-14H2,1-2H3,(H,26,28). The largest absolute Gasteiger partial charge is 0.307 e. The fraction of sp³-hybridized carbons (Fsp3) is 0.182. The van der Waals surface area contributed by atoms with Gasteiger partial charge in [0.1, 0.15) is 5.82 Å². The number of carbonyl (C=O) groups is 1. The van der Waals surface area contributed by atoms with Crippen molar-refractivity contribution in [1.29, 1.82) is 0 Å². The minimum atomic E-state index is -0.152. The van der Waals surface area contributed by atoms with E-state index < -0.39 is 0 Å². The van der Waals surface area contributed by atoms with E-state index in [-0.39, 0.29) is 5.91 Å². The highest BCUT2D eigenvalue weighted by atomic mass is 32.2. The van der Waals surface area contributed by atoms with Gasteiger partial charge < -0.3 is 5.32 Å². The number of nitrogens with one attached hydrogen (secondary N) is 1. The molecule has 3 aromatic heterocycles. The minimum Gasteiger partial charge on any atom is -0.307 e. The maximum absolute atomic E-state index is 13.0. The van der Waals surface area contributed by atoms with E-state index in [0.29, 0.717) is 23.7 Å². The monoisotopic (exact) mass is 435 g/mol.